The fourth-order valence-electron chi connectivity index (χ4n) is 6.95. The Bertz CT molecular complexity index is 2640. The van der Waals surface area contributed by atoms with Crippen LogP contribution in [-0.4, -0.2) is 15.0 Å². The van der Waals surface area contributed by atoms with Crippen molar-refractivity contribution in [2.75, 3.05) is 0 Å². The molecule has 10 rings (SSSR count). The van der Waals surface area contributed by atoms with Crippen molar-refractivity contribution in [2.45, 2.75) is 0 Å². The minimum atomic E-state index is 0.559. The highest BCUT2D eigenvalue weighted by Gasteiger charge is 2.26. The van der Waals surface area contributed by atoms with Crippen LogP contribution in [0.15, 0.2) is 156 Å². The zero-order chi connectivity index (χ0) is 31.6. The van der Waals surface area contributed by atoms with Crippen LogP contribution in [-0.2, 0) is 0 Å². The highest BCUT2D eigenvalue weighted by molar-refractivity contribution is 6.15. The lowest BCUT2D eigenvalue weighted by atomic mass is 9.89. The molecule has 0 N–H and O–H groups in total. The molecule has 5 nitrogen and oxygen atoms in total. The van der Waals surface area contributed by atoms with Crippen LogP contribution in [0.1, 0.15) is 0 Å². The zero-order valence-electron chi connectivity index (χ0n) is 25.6. The summed E-state index contributed by atoms with van der Waals surface area (Å²) in [6.45, 7) is 0. The number of hydrogen-bond donors (Lipinski definition) is 0. The van der Waals surface area contributed by atoms with Crippen molar-refractivity contribution in [3.63, 3.8) is 0 Å². The van der Waals surface area contributed by atoms with E-state index in [2.05, 4.69) is 72.8 Å². The van der Waals surface area contributed by atoms with Gasteiger partial charge in [0.1, 0.15) is 22.7 Å². The summed E-state index contributed by atoms with van der Waals surface area (Å²) < 4.78 is 13.3. The average Bonchev–Trinajstić information content (AvgIpc) is 3.55. The minimum Gasteiger partial charge on any atom is -0.455 e. The van der Waals surface area contributed by atoms with E-state index in [9.17, 15) is 0 Å². The number of rotatable bonds is 4. The molecular weight excluding hydrogens is 590 g/mol. The van der Waals surface area contributed by atoms with E-state index in [1.807, 2.05) is 78.9 Å². The fourth-order valence-corrected chi connectivity index (χ4v) is 6.95. The molecule has 0 atom stereocenters. The van der Waals surface area contributed by atoms with Crippen molar-refractivity contribution in [1.29, 1.82) is 0 Å². The molecule has 224 valence electrons. The summed E-state index contributed by atoms with van der Waals surface area (Å²) in [5.74, 6) is 3.30. The lowest BCUT2D eigenvalue weighted by molar-refractivity contribution is 0.488. The molecule has 0 spiro atoms. The molecule has 0 fully saturated rings. The van der Waals surface area contributed by atoms with Gasteiger partial charge in [0, 0.05) is 38.4 Å². The first-order valence-corrected chi connectivity index (χ1v) is 15.9. The molecule has 0 saturated carbocycles. The van der Waals surface area contributed by atoms with Crippen LogP contribution >= 0.6 is 0 Å². The van der Waals surface area contributed by atoms with Crippen molar-refractivity contribution in [3.8, 4) is 67.9 Å². The van der Waals surface area contributed by atoms with Gasteiger partial charge in [-0.3, -0.25) is 0 Å². The quantitative estimate of drug-likeness (QED) is 0.197. The molecule has 7 aromatic carbocycles. The molecule has 0 radical (unpaired) electrons. The second kappa shape index (κ2) is 10.5. The molecule has 3 heterocycles. The van der Waals surface area contributed by atoms with Gasteiger partial charge >= 0.3 is 0 Å². The van der Waals surface area contributed by atoms with Gasteiger partial charge in [0.05, 0.1) is 5.56 Å². The van der Waals surface area contributed by atoms with E-state index in [0.717, 1.165) is 83.2 Å². The van der Waals surface area contributed by atoms with Crippen molar-refractivity contribution < 1.29 is 9.15 Å². The molecule has 48 heavy (non-hydrogen) atoms. The maximum Gasteiger partial charge on any atom is 0.167 e. The number of fused-ring (bicyclic) bond motifs is 5. The second-order valence-electron chi connectivity index (χ2n) is 11.9. The van der Waals surface area contributed by atoms with Gasteiger partial charge in [0.15, 0.2) is 17.5 Å². The van der Waals surface area contributed by atoms with Crippen molar-refractivity contribution in [3.05, 3.63) is 152 Å². The van der Waals surface area contributed by atoms with Crippen LogP contribution < -0.4 is 4.74 Å². The predicted molar refractivity (Wildman–Crippen MR) is 192 cm³/mol. The minimum absolute atomic E-state index is 0.559. The number of benzene rings is 7. The number of ether oxygens (including phenoxy) is 1. The third kappa shape index (κ3) is 4.08. The fraction of sp³-hybridized carbons (Fsp3) is 0. The molecule has 0 saturated heterocycles. The number of hydrogen-bond acceptors (Lipinski definition) is 5. The van der Waals surface area contributed by atoms with Gasteiger partial charge in [-0.1, -0.05) is 127 Å². The highest BCUT2D eigenvalue weighted by Crippen LogP contribution is 2.52. The van der Waals surface area contributed by atoms with Crippen LogP contribution in [0.2, 0.25) is 0 Å². The average molecular weight is 616 g/mol. The predicted octanol–water partition coefficient (Wildman–Crippen LogP) is 11.4. The van der Waals surface area contributed by atoms with Gasteiger partial charge < -0.3 is 9.15 Å². The van der Waals surface area contributed by atoms with Crippen molar-refractivity contribution >= 4 is 32.7 Å². The third-order valence-corrected chi connectivity index (χ3v) is 9.15. The summed E-state index contributed by atoms with van der Waals surface area (Å²) in [5.41, 5.74) is 8.67. The van der Waals surface area contributed by atoms with E-state index in [-0.39, 0.29) is 0 Å². The largest absolute Gasteiger partial charge is 0.455 e. The molecule has 0 amide bonds. The molecule has 5 heteroatoms. The number of para-hydroxylation sites is 3. The van der Waals surface area contributed by atoms with E-state index >= 15 is 0 Å². The Morgan fingerprint density at radius 2 is 0.958 bits per heavy atom. The summed E-state index contributed by atoms with van der Waals surface area (Å²) in [6.07, 6.45) is 0. The molecule has 0 bridgehead atoms. The summed E-state index contributed by atoms with van der Waals surface area (Å²) in [4.78, 5) is 14.9. The second-order valence-corrected chi connectivity index (χ2v) is 11.9. The molecular formula is C43H25N3O2. The molecule has 0 aliphatic carbocycles. The SMILES string of the molecule is c1ccc(-c2nc(-c3ccccc3)nc(-c3cccc4c3Oc3ccc(-c5cccc6c5oc5ccccc56)c5cccc-4c35)n2)cc1. The van der Waals surface area contributed by atoms with E-state index < -0.39 is 0 Å². The molecule has 9 aromatic rings. The maximum absolute atomic E-state index is 6.83. The molecule has 1 aliphatic rings. The maximum atomic E-state index is 6.83. The Morgan fingerprint density at radius 3 is 1.73 bits per heavy atom. The van der Waals surface area contributed by atoms with Crippen LogP contribution in [0, 0.1) is 0 Å². The summed E-state index contributed by atoms with van der Waals surface area (Å²) in [7, 11) is 0. The van der Waals surface area contributed by atoms with Crippen LogP contribution in [0.3, 0.4) is 0 Å². The molecule has 0 unspecified atom stereocenters. The van der Waals surface area contributed by atoms with E-state index in [1.54, 1.807) is 0 Å². The summed E-state index contributed by atoms with van der Waals surface area (Å²) in [6, 6.07) is 51.5. The van der Waals surface area contributed by atoms with Crippen molar-refractivity contribution in [1.82, 2.24) is 15.0 Å². The number of aromatic nitrogens is 3. The first kappa shape index (κ1) is 26.6. The summed E-state index contributed by atoms with van der Waals surface area (Å²) >= 11 is 0. The number of nitrogens with zero attached hydrogens (tertiary/aromatic N) is 3. The van der Waals surface area contributed by atoms with Gasteiger partial charge in [0.2, 0.25) is 0 Å². The normalized spacial score (nSPS) is 11.9. The standard InChI is InChI=1S/C43H25N3O2/c1-3-12-26(13-4-1)41-44-42(27-14-5-2-6-15-27)46-43(45-41)35-22-11-21-34-31-18-9-17-30-28(24-25-37(38(30)31)48-40(34)35)32-19-10-20-33-29-16-7-8-23-36(29)47-39(32)33/h1-25H. The van der Waals surface area contributed by atoms with Crippen molar-refractivity contribution in [2.24, 2.45) is 0 Å². The number of furan rings is 1. The zero-order valence-corrected chi connectivity index (χ0v) is 25.6. The van der Waals surface area contributed by atoms with E-state index in [0.29, 0.717) is 17.5 Å². The third-order valence-electron chi connectivity index (χ3n) is 9.15. The smallest absolute Gasteiger partial charge is 0.167 e. The Labute approximate surface area is 275 Å². The van der Waals surface area contributed by atoms with Gasteiger partial charge in [-0.2, -0.15) is 0 Å². The first-order valence-electron chi connectivity index (χ1n) is 15.9. The van der Waals surface area contributed by atoms with Gasteiger partial charge in [0.25, 0.3) is 0 Å². The Balaban J connectivity index is 1.17. The molecule has 2 aromatic heterocycles. The topological polar surface area (TPSA) is 61.0 Å². The van der Waals surface area contributed by atoms with E-state index in [1.165, 1.54) is 0 Å². The Kier molecular flexibility index (Phi) is 5.81. The van der Waals surface area contributed by atoms with E-state index in [4.69, 9.17) is 24.1 Å². The van der Waals surface area contributed by atoms with Crippen LogP contribution in [0.4, 0.5) is 0 Å². The van der Waals surface area contributed by atoms with Crippen LogP contribution in [0.25, 0.3) is 89.1 Å². The van der Waals surface area contributed by atoms with Gasteiger partial charge in [-0.05, 0) is 40.8 Å². The first-order chi connectivity index (χ1) is 23.8. The lowest BCUT2D eigenvalue weighted by Crippen LogP contribution is -2.03. The van der Waals surface area contributed by atoms with Gasteiger partial charge in [-0.15, -0.1) is 0 Å². The molecule has 1 aliphatic heterocycles. The highest BCUT2D eigenvalue weighted by atomic mass is 16.5. The Morgan fingerprint density at radius 1 is 0.375 bits per heavy atom. The lowest BCUT2D eigenvalue weighted by Gasteiger charge is -2.24. The van der Waals surface area contributed by atoms with Gasteiger partial charge in [-0.25, -0.2) is 15.0 Å². The Hall–Kier alpha value is -6.59. The van der Waals surface area contributed by atoms with Crippen LogP contribution in [0.5, 0.6) is 11.5 Å². The summed E-state index contributed by atoms with van der Waals surface area (Å²) in [5, 5.41) is 4.40. The monoisotopic (exact) mass is 615 g/mol.